The highest BCUT2D eigenvalue weighted by atomic mass is 35.5. The molecule has 3 N–H and O–H groups in total. The van der Waals surface area contributed by atoms with Crippen LogP contribution in [0, 0.1) is 0 Å². The maximum atomic E-state index is 12.3. The predicted molar refractivity (Wildman–Crippen MR) is 84.0 cm³/mol. The van der Waals surface area contributed by atoms with Crippen LogP contribution < -0.4 is 10.5 Å². The van der Waals surface area contributed by atoms with Crippen LogP contribution in [0.2, 0.25) is 0 Å². The molecule has 1 aromatic rings. The van der Waals surface area contributed by atoms with Crippen LogP contribution in [0.3, 0.4) is 0 Å². The van der Waals surface area contributed by atoms with Crippen LogP contribution in [-0.2, 0) is 21.9 Å². The number of sulfonamides is 1. The van der Waals surface area contributed by atoms with Gasteiger partial charge in [-0.05, 0) is 19.8 Å². The number of hydrogen-bond acceptors (Lipinski definition) is 5. The highest BCUT2D eigenvalue weighted by Crippen LogP contribution is 2.12. The Morgan fingerprint density at radius 1 is 1.55 bits per heavy atom. The molecular weight excluding hydrogens is 330 g/mol. The smallest absolute Gasteiger partial charge is 0.244 e. The first-order valence-corrected chi connectivity index (χ1v) is 8.33. The fourth-order valence-electron chi connectivity index (χ4n) is 2.37. The van der Waals surface area contributed by atoms with Crippen molar-refractivity contribution in [3.63, 3.8) is 0 Å². The molecule has 8 nitrogen and oxygen atoms in total. The number of aromatic nitrogens is 2. The number of carbonyl (C=O) groups is 1. The third-order valence-corrected chi connectivity index (χ3v) is 4.96. The molecule has 0 radical (unpaired) electrons. The van der Waals surface area contributed by atoms with Gasteiger partial charge in [0.25, 0.3) is 0 Å². The molecule has 10 heteroatoms. The molecule has 1 aliphatic rings. The van der Waals surface area contributed by atoms with E-state index in [4.69, 9.17) is 5.73 Å². The third-order valence-electron chi connectivity index (χ3n) is 3.46. The number of amides is 1. The van der Waals surface area contributed by atoms with Crippen molar-refractivity contribution in [2.24, 2.45) is 12.8 Å². The summed E-state index contributed by atoms with van der Waals surface area (Å²) < 4.78 is 28.1. The van der Waals surface area contributed by atoms with Gasteiger partial charge in [0.15, 0.2) is 0 Å². The normalized spacial score (nSPS) is 20.3. The lowest BCUT2D eigenvalue weighted by Crippen LogP contribution is -2.52. The van der Waals surface area contributed by atoms with Crippen molar-refractivity contribution in [3.8, 4) is 0 Å². The van der Waals surface area contributed by atoms with Crippen LogP contribution in [0.25, 0.3) is 0 Å². The molecular formula is C12H22ClN5O3S. The van der Waals surface area contributed by atoms with Crippen molar-refractivity contribution in [1.29, 1.82) is 0 Å². The summed E-state index contributed by atoms with van der Waals surface area (Å²) in [6.07, 6.45) is 4.36. The Labute approximate surface area is 136 Å². The van der Waals surface area contributed by atoms with Crippen molar-refractivity contribution in [1.82, 2.24) is 19.4 Å². The van der Waals surface area contributed by atoms with E-state index in [0.717, 1.165) is 12.8 Å². The second-order valence-corrected chi connectivity index (χ2v) is 7.09. The number of piperidine rings is 1. The van der Waals surface area contributed by atoms with Crippen LogP contribution >= 0.6 is 12.4 Å². The maximum absolute atomic E-state index is 12.3. The van der Waals surface area contributed by atoms with Crippen molar-refractivity contribution >= 4 is 28.3 Å². The predicted octanol–water partition coefficient (Wildman–Crippen LogP) is -0.542. The zero-order valence-electron chi connectivity index (χ0n) is 12.6. The van der Waals surface area contributed by atoms with Gasteiger partial charge in [0.2, 0.25) is 15.9 Å². The Kier molecular flexibility index (Phi) is 6.36. The van der Waals surface area contributed by atoms with Crippen molar-refractivity contribution in [3.05, 3.63) is 12.4 Å². The highest BCUT2D eigenvalue weighted by Gasteiger charge is 2.28. The summed E-state index contributed by atoms with van der Waals surface area (Å²) in [5, 5.41) is 3.82. The van der Waals surface area contributed by atoms with E-state index in [0.29, 0.717) is 13.1 Å². The molecule has 2 heterocycles. The van der Waals surface area contributed by atoms with Gasteiger partial charge in [0.05, 0.1) is 12.2 Å². The first-order valence-electron chi connectivity index (χ1n) is 6.85. The number of rotatable bonds is 4. The third kappa shape index (κ3) is 4.42. The highest BCUT2D eigenvalue weighted by molar-refractivity contribution is 7.89. The molecule has 1 aromatic heterocycles. The molecule has 1 aliphatic heterocycles. The van der Waals surface area contributed by atoms with Gasteiger partial charge in [-0.2, -0.15) is 9.82 Å². The molecule has 1 fully saturated rings. The average molecular weight is 352 g/mol. The van der Waals surface area contributed by atoms with Gasteiger partial charge in [-0.3, -0.25) is 9.48 Å². The molecule has 0 aliphatic carbocycles. The minimum atomic E-state index is -3.75. The molecule has 1 saturated heterocycles. The Balaban J connectivity index is 0.00000242. The first-order chi connectivity index (χ1) is 9.79. The van der Waals surface area contributed by atoms with Gasteiger partial charge in [-0.1, -0.05) is 0 Å². The van der Waals surface area contributed by atoms with Crippen LogP contribution in [-0.4, -0.2) is 54.2 Å². The topological polar surface area (TPSA) is 110 Å². The summed E-state index contributed by atoms with van der Waals surface area (Å²) >= 11 is 0. The van der Waals surface area contributed by atoms with Crippen LogP contribution in [0.1, 0.15) is 19.8 Å². The fraction of sp³-hybridized carbons (Fsp3) is 0.667. The summed E-state index contributed by atoms with van der Waals surface area (Å²) in [5.74, 6) is -0.252. The Morgan fingerprint density at radius 2 is 2.23 bits per heavy atom. The number of nitrogens with two attached hydrogens (primary N) is 1. The number of likely N-dealkylation sites (tertiary alicyclic amines) is 1. The molecule has 0 saturated carbocycles. The van der Waals surface area contributed by atoms with E-state index in [1.54, 1.807) is 11.9 Å². The molecule has 22 heavy (non-hydrogen) atoms. The molecule has 0 spiro atoms. The summed E-state index contributed by atoms with van der Waals surface area (Å²) in [6.45, 7) is 2.62. The van der Waals surface area contributed by atoms with Gasteiger partial charge in [-0.25, -0.2) is 8.42 Å². The van der Waals surface area contributed by atoms with E-state index in [2.05, 4.69) is 9.82 Å². The standard InChI is InChI=1S/C12H21N5O3S.ClH/c1-9(12(18)17-5-3-4-10(13)7-17)15-21(19,20)11-6-14-16(2)8-11;/h6,8-10,15H,3-5,7,13H2,1-2H3;1H. The van der Waals surface area contributed by atoms with Crippen molar-refractivity contribution in [2.45, 2.75) is 36.7 Å². The van der Waals surface area contributed by atoms with Crippen molar-refractivity contribution in [2.75, 3.05) is 13.1 Å². The Bertz CT molecular complexity index is 618. The van der Waals surface area contributed by atoms with E-state index in [1.165, 1.54) is 24.0 Å². The number of hydrogen-bond donors (Lipinski definition) is 2. The van der Waals surface area contributed by atoms with Gasteiger partial charge < -0.3 is 10.6 Å². The van der Waals surface area contributed by atoms with E-state index in [1.807, 2.05) is 0 Å². The lowest BCUT2D eigenvalue weighted by atomic mass is 10.1. The van der Waals surface area contributed by atoms with Gasteiger partial charge in [-0.15, -0.1) is 12.4 Å². The Morgan fingerprint density at radius 3 is 2.77 bits per heavy atom. The number of nitrogens with zero attached hydrogens (tertiary/aromatic N) is 3. The van der Waals surface area contributed by atoms with E-state index >= 15 is 0 Å². The van der Waals surface area contributed by atoms with Gasteiger partial charge in [0, 0.05) is 32.4 Å². The monoisotopic (exact) mass is 351 g/mol. The quantitative estimate of drug-likeness (QED) is 0.756. The molecule has 0 aromatic carbocycles. The lowest BCUT2D eigenvalue weighted by Gasteiger charge is -2.32. The fourth-order valence-corrected chi connectivity index (χ4v) is 3.55. The van der Waals surface area contributed by atoms with Gasteiger partial charge >= 0.3 is 0 Å². The molecule has 2 rings (SSSR count). The van der Waals surface area contributed by atoms with Crippen LogP contribution in [0.5, 0.6) is 0 Å². The summed E-state index contributed by atoms with van der Waals surface area (Å²) in [5.41, 5.74) is 5.84. The number of carbonyl (C=O) groups excluding carboxylic acids is 1. The zero-order chi connectivity index (χ0) is 15.6. The first kappa shape index (κ1) is 18.9. The zero-order valence-corrected chi connectivity index (χ0v) is 14.2. The summed E-state index contributed by atoms with van der Waals surface area (Å²) in [7, 11) is -2.12. The van der Waals surface area contributed by atoms with Gasteiger partial charge in [0.1, 0.15) is 4.90 Å². The van der Waals surface area contributed by atoms with E-state index in [9.17, 15) is 13.2 Å². The second-order valence-electron chi connectivity index (χ2n) is 5.38. The molecule has 1 amide bonds. The molecule has 0 bridgehead atoms. The largest absolute Gasteiger partial charge is 0.340 e. The molecule has 2 unspecified atom stereocenters. The van der Waals surface area contributed by atoms with E-state index < -0.39 is 16.1 Å². The average Bonchev–Trinajstić information content (AvgIpc) is 2.85. The summed E-state index contributed by atoms with van der Waals surface area (Å²) in [6, 6.07) is -0.870. The Hall–Kier alpha value is -1.16. The lowest BCUT2D eigenvalue weighted by molar-refractivity contribution is -0.133. The minimum Gasteiger partial charge on any atom is -0.340 e. The maximum Gasteiger partial charge on any atom is 0.244 e. The second kappa shape index (κ2) is 7.40. The number of aryl methyl sites for hydroxylation is 1. The van der Waals surface area contributed by atoms with Crippen LogP contribution in [0.4, 0.5) is 0 Å². The minimum absolute atomic E-state index is 0. The van der Waals surface area contributed by atoms with Crippen LogP contribution in [0.15, 0.2) is 17.3 Å². The molecule has 2 atom stereocenters. The number of halogens is 1. The SMILES string of the molecule is CC(NS(=O)(=O)c1cnn(C)c1)C(=O)N1CCCC(N)C1.Cl. The number of nitrogens with one attached hydrogen (secondary N) is 1. The molecule has 126 valence electrons. The summed E-state index contributed by atoms with van der Waals surface area (Å²) in [4.78, 5) is 13.9. The van der Waals surface area contributed by atoms with Crippen molar-refractivity contribution < 1.29 is 13.2 Å². The van der Waals surface area contributed by atoms with E-state index in [-0.39, 0.29) is 29.3 Å².